The van der Waals surface area contributed by atoms with E-state index in [1.165, 1.54) is 4.70 Å². The van der Waals surface area contributed by atoms with Crippen LogP contribution in [0.2, 0.25) is 0 Å². The van der Waals surface area contributed by atoms with Crippen molar-refractivity contribution >= 4 is 33.6 Å². The summed E-state index contributed by atoms with van der Waals surface area (Å²) in [5.74, 6) is 0.560. The number of amides is 2. The van der Waals surface area contributed by atoms with Gasteiger partial charge in [-0.3, -0.25) is 4.79 Å². The first-order valence-corrected chi connectivity index (χ1v) is 11.7. The minimum Gasteiger partial charge on any atom is -0.444 e. The predicted octanol–water partition coefficient (Wildman–Crippen LogP) is 4.65. The van der Waals surface area contributed by atoms with Crippen LogP contribution in [0.1, 0.15) is 57.4 Å². The van der Waals surface area contributed by atoms with Crippen molar-refractivity contribution < 1.29 is 14.3 Å². The first-order chi connectivity index (χ1) is 14.3. The Bertz CT molecular complexity index is 879. The molecule has 1 aromatic heterocycles. The Morgan fingerprint density at radius 1 is 1.07 bits per heavy atom. The monoisotopic (exact) mass is 429 g/mol. The van der Waals surface area contributed by atoms with Crippen molar-refractivity contribution in [2.24, 2.45) is 5.92 Å². The first kappa shape index (κ1) is 21.1. The number of aromatic nitrogens is 1. The van der Waals surface area contributed by atoms with E-state index in [0.717, 1.165) is 36.5 Å². The first-order valence-electron chi connectivity index (χ1n) is 10.9. The van der Waals surface area contributed by atoms with Crippen molar-refractivity contribution in [1.29, 1.82) is 0 Å². The van der Waals surface area contributed by atoms with Gasteiger partial charge in [0, 0.05) is 38.0 Å². The number of para-hydroxylation sites is 1. The molecule has 2 fully saturated rings. The third-order valence-corrected chi connectivity index (χ3v) is 7.09. The molecule has 2 aliphatic rings. The van der Waals surface area contributed by atoms with Crippen molar-refractivity contribution in [1.82, 2.24) is 14.8 Å². The normalized spacial score (nSPS) is 21.1. The lowest BCUT2D eigenvalue weighted by atomic mass is 9.92. The predicted molar refractivity (Wildman–Crippen MR) is 119 cm³/mol. The van der Waals surface area contributed by atoms with Gasteiger partial charge in [0.2, 0.25) is 5.91 Å². The molecule has 0 unspecified atom stereocenters. The van der Waals surface area contributed by atoms with Gasteiger partial charge in [-0.05, 0) is 58.6 Å². The number of likely N-dealkylation sites (tertiary alicyclic amines) is 2. The van der Waals surface area contributed by atoms with E-state index >= 15 is 0 Å². The van der Waals surface area contributed by atoms with Crippen molar-refractivity contribution in [2.45, 2.75) is 58.0 Å². The van der Waals surface area contributed by atoms with Crippen molar-refractivity contribution in [3.05, 3.63) is 29.3 Å². The van der Waals surface area contributed by atoms with E-state index < -0.39 is 5.60 Å². The maximum Gasteiger partial charge on any atom is 0.410 e. The van der Waals surface area contributed by atoms with Crippen LogP contribution in [0.4, 0.5) is 4.79 Å². The van der Waals surface area contributed by atoms with Crippen LogP contribution in [0, 0.1) is 5.92 Å². The van der Waals surface area contributed by atoms with Crippen LogP contribution in [0.15, 0.2) is 24.3 Å². The molecule has 0 spiro atoms. The summed E-state index contributed by atoms with van der Waals surface area (Å²) in [7, 11) is 0. The molecule has 2 aromatic rings. The second-order valence-corrected chi connectivity index (χ2v) is 10.4. The summed E-state index contributed by atoms with van der Waals surface area (Å²) in [4.78, 5) is 34.0. The molecule has 30 heavy (non-hydrogen) atoms. The molecule has 162 valence electrons. The molecule has 4 rings (SSSR count). The fourth-order valence-corrected chi connectivity index (χ4v) is 5.43. The minimum absolute atomic E-state index is 0.00203. The van der Waals surface area contributed by atoms with Gasteiger partial charge in [-0.25, -0.2) is 9.78 Å². The Balaban J connectivity index is 1.34. The van der Waals surface area contributed by atoms with Gasteiger partial charge in [-0.2, -0.15) is 0 Å². The van der Waals surface area contributed by atoms with E-state index in [4.69, 9.17) is 9.72 Å². The van der Waals surface area contributed by atoms with Gasteiger partial charge >= 0.3 is 6.09 Å². The zero-order chi connectivity index (χ0) is 21.3. The largest absolute Gasteiger partial charge is 0.444 e. The average Bonchev–Trinajstić information content (AvgIpc) is 3.16. The number of nitrogens with zero attached hydrogens (tertiary/aromatic N) is 3. The number of carbonyl (C=O) groups is 2. The fraction of sp³-hybridized carbons (Fsp3) is 0.609. The summed E-state index contributed by atoms with van der Waals surface area (Å²) in [5, 5.41) is 1.15. The van der Waals surface area contributed by atoms with Gasteiger partial charge in [0.15, 0.2) is 0 Å². The van der Waals surface area contributed by atoms with Crippen molar-refractivity contribution in [3.8, 4) is 0 Å². The van der Waals surface area contributed by atoms with Crippen LogP contribution in [0.25, 0.3) is 10.2 Å². The van der Waals surface area contributed by atoms with Crippen LogP contribution in [-0.4, -0.2) is 58.6 Å². The quantitative estimate of drug-likeness (QED) is 0.697. The van der Waals surface area contributed by atoms with Crippen LogP contribution in [0.5, 0.6) is 0 Å². The molecule has 0 aliphatic carbocycles. The third-order valence-electron chi connectivity index (χ3n) is 5.89. The summed E-state index contributed by atoms with van der Waals surface area (Å²) in [5.41, 5.74) is 0.558. The molecular formula is C23H31N3O3S. The fourth-order valence-electron chi connectivity index (χ4n) is 4.34. The van der Waals surface area contributed by atoms with Gasteiger partial charge in [0.25, 0.3) is 0 Å². The molecule has 1 aromatic carbocycles. The van der Waals surface area contributed by atoms with Gasteiger partial charge in [-0.1, -0.05) is 12.1 Å². The smallest absolute Gasteiger partial charge is 0.410 e. The maximum atomic E-state index is 13.2. The van der Waals surface area contributed by atoms with E-state index in [9.17, 15) is 9.59 Å². The van der Waals surface area contributed by atoms with Gasteiger partial charge in [0.1, 0.15) is 5.60 Å². The summed E-state index contributed by atoms with van der Waals surface area (Å²) in [6.45, 7) is 8.37. The Labute approximate surface area is 182 Å². The Kier molecular flexibility index (Phi) is 6.00. The molecule has 0 N–H and O–H groups in total. The molecule has 3 heterocycles. The zero-order valence-electron chi connectivity index (χ0n) is 18.1. The lowest BCUT2D eigenvalue weighted by Crippen LogP contribution is -2.47. The van der Waals surface area contributed by atoms with E-state index in [1.54, 1.807) is 16.2 Å². The molecule has 2 saturated heterocycles. The van der Waals surface area contributed by atoms with Crippen molar-refractivity contribution in [3.63, 3.8) is 0 Å². The topological polar surface area (TPSA) is 62.7 Å². The van der Waals surface area contributed by atoms with Crippen LogP contribution in [-0.2, 0) is 9.53 Å². The van der Waals surface area contributed by atoms with Crippen LogP contribution < -0.4 is 0 Å². The second kappa shape index (κ2) is 8.53. The molecule has 2 amide bonds. The highest BCUT2D eigenvalue weighted by Crippen LogP contribution is 2.34. The van der Waals surface area contributed by atoms with Crippen molar-refractivity contribution in [2.75, 3.05) is 26.2 Å². The highest BCUT2D eigenvalue weighted by Gasteiger charge is 2.34. The summed E-state index contributed by atoms with van der Waals surface area (Å²) < 4.78 is 6.68. The Morgan fingerprint density at radius 3 is 2.50 bits per heavy atom. The molecule has 7 heteroatoms. The van der Waals surface area contributed by atoms with E-state index in [-0.39, 0.29) is 17.9 Å². The number of carbonyl (C=O) groups excluding carboxylic acids is 2. The van der Waals surface area contributed by atoms with Crippen LogP contribution >= 0.6 is 11.3 Å². The number of ether oxygens (including phenoxy) is 1. The number of fused-ring (bicyclic) bond motifs is 1. The third kappa shape index (κ3) is 4.77. The minimum atomic E-state index is -0.493. The van der Waals surface area contributed by atoms with Gasteiger partial charge < -0.3 is 14.5 Å². The lowest BCUT2D eigenvalue weighted by Gasteiger charge is -2.37. The summed E-state index contributed by atoms with van der Waals surface area (Å²) in [6, 6.07) is 8.23. The molecule has 0 radical (unpaired) electrons. The highest BCUT2D eigenvalue weighted by atomic mass is 32.1. The lowest BCUT2D eigenvalue weighted by molar-refractivity contribution is -0.138. The molecular weight excluding hydrogens is 398 g/mol. The zero-order valence-corrected chi connectivity index (χ0v) is 18.9. The molecule has 0 bridgehead atoms. The number of thiazole rings is 1. The molecule has 1 atom stereocenters. The maximum absolute atomic E-state index is 13.2. The standard InChI is InChI=1S/C23H31N3O3S/c1-23(2,3)29-22(28)25-13-10-16(11-14-25)21(27)26-12-6-7-17(15-26)20-24-18-8-4-5-9-19(18)30-20/h4-5,8-9,16-17H,6-7,10-15H2,1-3H3/t17-/m1/s1. The van der Waals surface area contributed by atoms with Crippen LogP contribution in [0.3, 0.4) is 0 Å². The number of benzene rings is 1. The Hall–Kier alpha value is -2.15. The highest BCUT2D eigenvalue weighted by molar-refractivity contribution is 7.18. The van der Waals surface area contributed by atoms with E-state index in [2.05, 4.69) is 12.1 Å². The summed E-state index contributed by atoms with van der Waals surface area (Å²) >= 11 is 1.75. The molecule has 6 nitrogen and oxygen atoms in total. The average molecular weight is 430 g/mol. The van der Waals surface area contributed by atoms with Gasteiger partial charge in [0.05, 0.1) is 15.2 Å². The molecule has 2 aliphatic heterocycles. The number of hydrogen-bond donors (Lipinski definition) is 0. The Morgan fingerprint density at radius 2 is 1.80 bits per heavy atom. The van der Waals surface area contributed by atoms with E-state index in [0.29, 0.717) is 31.8 Å². The number of hydrogen-bond acceptors (Lipinski definition) is 5. The SMILES string of the molecule is CC(C)(C)OC(=O)N1CCC(C(=O)N2CCC[C@@H](c3nc4ccccc4s3)C2)CC1. The van der Waals surface area contributed by atoms with E-state index in [1.807, 2.05) is 37.8 Å². The number of rotatable bonds is 2. The second-order valence-electron chi connectivity index (χ2n) is 9.38. The van der Waals surface area contributed by atoms with Gasteiger partial charge in [-0.15, -0.1) is 11.3 Å². The summed E-state index contributed by atoms with van der Waals surface area (Å²) in [6.07, 6.45) is 3.24. The number of piperidine rings is 2. The molecule has 0 saturated carbocycles.